The van der Waals surface area contributed by atoms with E-state index < -0.39 is 0 Å². The summed E-state index contributed by atoms with van der Waals surface area (Å²) in [5, 5.41) is 9.30. The maximum absolute atomic E-state index is 6.70. The van der Waals surface area contributed by atoms with Crippen molar-refractivity contribution in [2.45, 2.75) is 0 Å². The monoisotopic (exact) mass is 588 g/mol. The van der Waals surface area contributed by atoms with Crippen molar-refractivity contribution in [2.24, 2.45) is 0 Å². The quantitative estimate of drug-likeness (QED) is 0.201. The number of nitrogens with zero attached hydrogens (tertiary/aromatic N) is 2. The molecule has 0 bridgehead atoms. The largest absolute Gasteiger partial charge is 0.456 e. The Bertz CT molecular complexity index is 2930. The Labute approximate surface area is 261 Å². The molecular weight excluding hydrogens is 564 g/mol. The van der Waals surface area contributed by atoms with Crippen LogP contribution < -0.4 is 0 Å². The number of hydrogen-bond donors (Lipinski definition) is 0. The zero-order valence-electron chi connectivity index (χ0n) is 24.6. The fourth-order valence-electron chi connectivity index (χ4n) is 7.74. The van der Waals surface area contributed by atoms with Crippen LogP contribution in [-0.2, 0) is 0 Å². The molecule has 0 unspecified atom stereocenters. The van der Waals surface area contributed by atoms with E-state index in [0.29, 0.717) is 0 Å². The van der Waals surface area contributed by atoms with Crippen molar-refractivity contribution in [1.29, 1.82) is 0 Å². The number of fused-ring (bicyclic) bond motifs is 12. The van der Waals surface area contributed by atoms with Crippen molar-refractivity contribution >= 4 is 87.5 Å². The van der Waals surface area contributed by atoms with E-state index in [1.165, 1.54) is 32.6 Å². The molecule has 7 aromatic carbocycles. The number of para-hydroxylation sites is 5. The van der Waals surface area contributed by atoms with Crippen LogP contribution in [0.25, 0.3) is 98.9 Å². The van der Waals surface area contributed by atoms with Crippen molar-refractivity contribution in [2.75, 3.05) is 0 Å². The Morgan fingerprint density at radius 2 is 0.826 bits per heavy atom. The molecule has 0 aliphatic rings. The number of aromatic nitrogens is 2. The zero-order chi connectivity index (χ0) is 29.9. The van der Waals surface area contributed by atoms with Gasteiger partial charge in [0, 0.05) is 54.8 Å². The highest BCUT2D eigenvalue weighted by Crippen LogP contribution is 2.41. The van der Waals surface area contributed by atoms with E-state index in [4.69, 9.17) is 8.83 Å². The molecule has 0 aliphatic heterocycles. The van der Waals surface area contributed by atoms with Crippen LogP contribution in [0.3, 0.4) is 0 Å². The van der Waals surface area contributed by atoms with E-state index in [1.807, 2.05) is 0 Å². The zero-order valence-corrected chi connectivity index (χ0v) is 24.6. The summed E-state index contributed by atoms with van der Waals surface area (Å²) in [5.41, 5.74) is 10.2. The summed E-state index contributed by atoms with van der Waals surface area (Å²) in [6, 6.07) is 51.7. The van der Waals surface area contributed by atoms with Crippen molar-refractivity contribution in [3.8, 4) is 11.4 Å². The van der Waals surface area contributed by atoms with Gasteiger partial charge in [-0.1, -0.05) is 84.9 Å². The van der Waals surface area contributed by atoms with Crippen LogP contribution in [0, 0.1) is 0 Å². The molecule has 0 atom stereocenters. The molecule has 0 aliphatic carbocycles. The fraction of sp³-hybridized carbons (Fsp3) is 0. The summed E-state index contributed by atoms with van der Waals surface area (Å²) in [6.45, 7) is 0. The van der Waals surface area contributed by atoms with Crippen molar-refractivity contribution < 1.29 is 8.83 Å². The minimum atomic E-state index is 0.817. The first-order chi connectivity index (χ1) is 22.8. The van der Waals surface area contributed by atoms with Gasteiger partial charge in [-0.15, -0.1) is 0 Å². The number of furan rings is 2. The molecule has 46 heavy (non-hydrogen) atoms. The van der Waals surface area contributed by atoms with Crippen molar-refractivity contribution in [3.63, 3.8) is 0 Å². The molecule has 0 saturated heterocycles. The molecule has 4 aromatic heterocycles. The number of benzene rings is 7. The molecule has 4 heterocycles. The highest BCUT2D eigenvalue weighted by molar-refractivity contribution is 6.18. The molecule has 4 nitrogen and oxygen atoms in total. The third-order valence-corrected chi connectivity index (χ3v) is 9.71. The Kier molecular flexibility index (Phi) is 4.55. The summed E-state index contributed by atoms with van der Waals surface area (Å²) < 4.78 is 17.8. The van der Waals surface area contributed by atoms with Crippen LogP contribution in [0.2, 0.25) is 0 Å². The van der Waals surface area contributed by atoms with E-state index >= 15 is 0 Å². The molecule has 11 aromatic rings. The van der Waals surface area contributed by atoms with Gasteiger partial charge in [0.15, 0.2) is 5.58 Å². The standard InChI is InChI=1S/C42H24N2O2/c1-5-15-34-26(10-1)27-11-2-6-16-35(27)43(34)25-20-21-39-31(22-25)33-23-32-30-14-9-19-38(42(30)46-41(32)24-40(33)45-39)44-36-17-7-3-12-28(36)29-13-4-8-18-37(29)44/h1-24H. The second-order valence-electron chi connectivity index (χ2n) is 12.1. The van der Waals surface area contributed by atoms with Gasteiger partial charge in [0.25, 0.3) is 0 Å². The van der Waals surface area contributed by atoms with Gasteiger partial charge in [-0.05, 0) is 54.6 Å². The molecule has 0 spiro atoms. The molecule has 0 radical (unpaired) electrons. The summed E-state index contributed by atoms with van der Waals surface area (Å²) in [6.07, 6.45) is 0. The van der Waals surface area contributed by atoms with Gasteiger partial charge < -0.3 is 18.0 Å². The van der Waals surface area contributed by atoms with Gasteiger partial charge in [0.1, 0.15) is 16.7 Å². The second kappa shape index (κ2) is 8.68. The average molecular weight is 589 g/mol. The van der Waals surface area contributed by atoms with Gasteiger partial charge in [-0.3, -0.25) is 0 Å². The van der Waals surface area contributed by atoms with Gasteiger partial charge in [-0.2, -0.15) is 0 Å². The summed E-state index contributed by atoms with van der Waals surface area (Å²) in [7, 11) is 0. The molecule has 11 rings (SSSR count). The van der Waals surface area contributed by atoms with Crippen LogP contribution in [0.15, 0.2) is 154 Å². The first-order valence-electron chi connectivity index (χ1n) is 15.6. The predicted octanol–water partition coefficient (Wildman–Crippen LogP) is 11.7. The van der Waals surface area contributed by atoms with Gasteiger partial charge in [0.2, 0.25) is 0 Å². The Morgan fingerprint density at radius 1 is 0.326 bits per heavy atom. The Balaban J connectivity index is 1.17. The lowest BCUT2D eigenvalue weighted by molar-refractivity contribution is 0.655. The lowest BCUT2D eigenvalue weighted by Crippen LogP contribution is -1.93. The van der Waals surface area contributed by atoms with E-state index in [2.05, 4.69) is 155 Å². The van der Waals surface area contributed by atoms with Gasteiger partial charge in [0.05, 0.1) is 27.8 Å². The Morgan fingerprint density at radius 3 is 1.46 bits per heavy atom. The lowest BCUT2D eigenvalue weighted by atomic mass is 10.1. The molecule has 0 fully saturated rings. The van der Waals surface area contributed by atoms with Gasteiger partial charge >= 0.3 is 0 Å². The Hall–Kier alpha value is -6.26. The maximum atomic E-state index is 6.70. The predicted molar refractivity (Wildman–Crippen MR) is 190 cm³/mol. The van der Waals surface area contributed by atoms with Gasteiger partial charge in [-0.25, -0.2) is 0 Å². The maximum Gasteiger partial charge on any atom is 0.159 e. The smallest absolute Gasteiger partial charge is 0.159 e. The van der Waals surface area contributed by atoms with Crippen LogP contribution in [0.1, 0.15) is 0 Å². The minimum Gasteiger partial charge on any atom is -0.456 e. The van der Waals surface area contributed by atoms with E-state index in [9.17, 15) is 0 Å². The molecule has 0 N–H and O–H groups in total. The molecule has 4 heteroatoms. The third-order valence-electron chi connectivity index (χ3n) is 9.71. The van der Waals surface area contributed by atoms with Crippen molar-refractivity contribution in [1.82, 2.24) is 9.13 Å². The number of rotatable bonds is 2. The molecular formula is C42H24N2O2. The average Bonchev–Trinajstić information content (AvgIpc) is 3.84. The van der Waals surface area contributed by atoms with Crippen molar-refractivity contribution in [3.05, 3.63) is 146 Å². The van der Waals surface area contributed by atoms with Crippen LogP contribution >= 0.6 is 0 Å². The second-order valence-corrected chi connectivity index (χ2v) is 12.1. The molecule has 0 saturated carbocycles. The first kappa shape index (κ1) is 24.1. The van der Waals surface area contributed by atoms with E-state index in [1.54, 1.807) is 0 Å². The normalized spacial score (nSPS) is 12.3. The van der Waals surface area contributed by atoms with Crippen LogP contribution in [0.4, 0.5) is 0 Å². The number of hydrogen-bond acceptors (Lipinski definition) is 2. The highest BCUT2D eigenvalue weighted by atomic mass is 16.3. The SMILES string of the molecule is c1cc(-n2c3ccccc3c3ccccc32)c2oc3cc4oc5ccc(-n6c7ccccc7c7ccccc76)cc5c4cc3c2c1. The third kappa shape index (κ3) is 3.07. The summed E-state index contributed by atoms with van der Waals surface area (Å²) in [5.74, 6) is 0. The molecule has 214 valence electrons. The summed E-state index contributed by atoms with van der Waals surface area (Å²) >= 11 is 0. The van der Waals surface area contributed by atoms with E-state index in [0.717, 1.165) is 66.3 Å². The van der Waals surface area contributed by atoms with Crippen LogP contribution in [-0.4, -0.2) is 9.13 Å². The summed E-state index contributed by atoms with van der Waals surface area (Å²) in [4.78, 5) is 0. The topological polar surface area (TPSA) is 36.1 Å². The van der Waals surface area contributed by atoms with Crippen LogP contribution in [0.5, 0.6) is 0 Å². The molecule has 0 amide bonds. The lowest BCUT2D eigenvalue weighted by Gasteiger charge is -2.08. The van der Waals surface area contributed by atoms with E-state index in [-0.39, 0.29) is 0 Å². The highest BCUT2D eigenvalue weighted by Gasteiger charge is 2.20. The first-order valence-corrected chi connectivity index (χ1v) is 15.6. The fourth-order valence-corrected chi connectivity index (χ4v) is 7.74. The minimum absolute atomic E-state index is 0.817.